The molecule has 142 valence electrons. The van der Waals surface area contributed by atoms with Crippen molar-refractivity contribution in [1.29, 1.82) is 0 Å². The van der Waals surface area contributed by atoms with Crippen molar-refractivity contribution < 1.29 is 14.7 Å². The van der Waals surface area contributed by atoms with Crippen LogP contribution in [0.2, 0.25) is 0 Å². The maximum atomic E-state index is 12.9. The molecule has 0 bridgehead atoms. The minimum Gasteiger partial charge on any atom is -0.444 e. The number of amides is 1. The highest BCUT2D eigenvalue weighted by Gasteiger charge is 2.51. The van der Waals surface area contributed by atoms with E-state index in [1.807, 2.05) is 39.0 Å². The number of hydrogen-bond acceptors (Lipinski definition) is 4. The molecule has 3 rings (SSSR count). The molecule has 2 aliphatic rings. The predicted molar refractivity (Wildman–Crippen MR) is 100 cm³/mol. The van der Waals surface area contributed by atoms with Crippen LogP contribution in [0.25, 0.3) is 0 Å². The topological polar surface area (TPSA) is 88.2 Å². The normalized spacial score (nSPS) is 24.5. The number of nitrogens with zero attached hydrogens (tertiary/aromatic N) is 2. The molecular formula is C20H29N3O3. The van der Waals surface area contributed by atoms with Gasteiger partial charge in [-0.3, -0.25) is 0 Å². The van der Waals surface area contributed by atoms with Crippen LogP contribution in [-0.4, -0.2) is 40.2 Å². The number of nitrogens with two attached hydrogens (primary N) is 1. The Kier molecular flexibility index (Phi) is 4.86. The van der Waals surface area contributed by atoms with Crippen molar-refractivity contribution in [2.45, 2.75) is 64.0 Å². The third-order valence-electron chi connectivity index (χ3n) is 5.45. The lowest BCUT2D eigenvalue weighted by Gasteiger charge is -2.44. The summed E-state index contributed by atoms with van der Waals surface area (Å²) < 4.78 is 5.66. The zero-order valence-corrected chi connectivity index (χ0v) is 15.8. The van der Waals surface area contributed by atoms with E-state index in [0.717, 1.165) is 25.7 Å². The van der Waals surface area contributed by atoms with E-state index in [9.17, 15) is 10.0 Å². The van der Waals surface area contributed by atoms with Crippen LogP contribution >= 0.6 is 0 Å². The van der Waals surface area contributed by atoms with Gasteiger partial charge in [-0.25, -0.2) is 4.79 Å². The maximum absolute atomic E-state index is 12.9. The summed E-state index contributed by atoms with van der Waals surface area (Å²) in [6, 6.07) is 10.3. The van der Waals surface area contributed by atoms with Crippen LogP contribution in [0.5, 0.6) is 0 Å². The highest BCUT2D eigenvalue weighted by atomic mass is 16.6. The first-order valence-corrected chi connectivity index (χ1v) is 9.28. The summed E-state index contributed by atoms with van der Waals surface area (Å²) in [5, 5.41) is 12.4. The van der Waals surface area contributed by atoms with Gasteiger partial charge in [0, 0.05) is 23.9 Å². The Morgan fingerprint density at radius 2 is 2.00 bits per heavy atom. The van der Waals surface area contributed by atoms with Gasteiger partial charge in [0.15, 0.2) is 0 Å². The van der Waals surface area contributed by atoms with Crippen molar-refractivity contribution in [2.75, 3.05) is 6.54 Å². The number of hydrogen-bond donors (Lipinski definition) is 2. The van der Waals surface area contributed by atoms with Gasteiger partial charge in [-0.1, -0.05) is 41.9 Å². The van der Waals surface area contributed by atoms with Crippen molar-refractivity contribution in [2.24, 2.45) is 16.3 Å². The standard InChI is InChI=1S/C20H29N3O3/c1-19(2,3)26-18(24)23(13-20(10-7-11-20)17(21)22-25)16-12-15(16)14-8-5-4-6-9-14/h4-6,8-9,15-16,25H,7,10-13H2,1-3H3,(H2,21,22)/t15-,16?/m1/s1. The molecule has 6 nitrogen and oxygen atoms in total. The molecule has 1 unspecified atom stereocenters. The van der Waals surface area contributed by atoms with Gasteiger partial charge in [0.05, 0.1) is 0 Å². The summed E-state index contributed by atoms with van der Waals surface area (Å²) >= 11 is 0. The average molecular weight is 359 g/mol. The molecule has 0 radical (unpaired) electrons. The van der Waals surface area contributed by atoms with Crippen molar-refractivity contribution in [1.82, 2.24) is 4.90 Å². The van der Waals surface area contributed by atoms with E-state index in [0.29, 0.717) is 12.5 Å². The number of carbonyl (C=O) groups is 1. The fourth-order valence-electron chi connectivity index (χ4n) is 3.75. The van der Waals surface area contributed by atoms with Gasteiger partial charge in [0.25, 0.3) is 0 Å². The summed E-state index contributed by atoms with van der Waals surface area (Å²) in [5.41, 5.74) is 6.22. The summed E-state index contributed by atoms with van der Waals surface area (Å²) in [7, 11) is 0. The van der Waals surface area contributed by atoms with Crippen molar-refractivity contribution >= 4 is 11.9 Å². The number of oxime groups is 1. The molecule has 0 spiro atoms. The van der Waals surface area contributed by atoms with Crippen LogP contribution in [0.1, 0.15) is 57.9 Å². The lowest BCUT2D eigenvalue weighted by Crippen LogP contribution is -2.53. The zero-order valence-electron chi connectivity index (χ0n) is 15.8. The van der Waals surface area contributed by atoms with Gasteiger partial charge >= 0.3 is 6.09 Å². The molecule has 1 aromatic carbocycles. The molecule has 2 atom stereocenters. The van der Waals surface area contributed by atoms with Gasteiger partial charge in [-0.2, -0.15) is 0 Å². The van der Waals surface area contributed by atoms with Crippen LogP contribution in [-0.2, 0) is 4.74 Å². The fraction of sp³-hybridized carbons (Fsp3) is 0.600. The monoisotopic (exact) mass is 359 g/mol. The Morgan fingerprint density at radius 3 is 2.50 bits per heavy atom. The third kappa shape index (κ3) is 3.79. The SMILES string of the molecule is CC(C)(C)OC(=O)N(CC1(C(N)=NO)CCC1)C1C[C@@H]1c1ccccc1. The van der Waals surface area contributed by atoms with E-state index in [2.05, 4.69) is 17.3 Å². The highest BCUT2D eigenvalue weighted by molar-refractivity contribution is 5.87. The Balaban J connectivity index is 1.80. The molecule has 2 saturated carbocycles. The highest BCUT2D eigenvalue weighted by Crippen LogP contribution is 2.49. The molecule has 2 aliphatic carbocycles. The van der Waals surface area contributed by atoms with E-state index < -0.39 is 11.0 Å². The Hall–Kier alpha value is -2.24. The molecule has 1 aromatic rings. The molecule has 6 heteroatoms. The molecule has 0 aromatic heterocycles. The Labute approximate surface area is 155 Å². The minimum absolute atomic E-state index is 0.0937. The predicted octanol–water partition coefficient (Wildman–Crippen LogP) is 3.70. The first-order valence-electron chi connectivity index (χ1n) is 9.28. The van der Waals surface area contributed by atoms with E-state index in [1.54, 1.807) is 4.90 Å². The molecular weight excluding hydrogens is 330 g/mol. The van der Waals surface area contributed by atoms with Crippen LogP contribution in [0.15, 0.2) is 35.5 Å². The minimum atomic E-state index is -0.560. The van der Waals surface area contributed by atoms with E-state index >= 15 is 0 Å². The summed E-state index contributed by atoms with van der Waals surface area (Å²) in [5.74, 6) is 0.530. The molecule has 2 fully saturated rings. The van der Waals surface area contributed by atoms with Gasteiger partial charge in [-0.15, -0.1) is 0 Å². The number of rotatable bonds is 5. The van der Waals surface area contributed by atoms with E-state index in [1.165, 1.54) is 5.56 Å². The largest absolute Gasteiger partial charge is 0.444 e. The second-order valence-corrected chi connectivity index (χ2v) is 8.55. The molecule has 26 heavy (non-hydrogen) atoms. The number of amidine groups is 1. The molecule has 1 amide bonds. The second kappa shape index (κ2) is 6.82. The van der Waals surface area contributed by atoms with Crippen molar-refractivity contribution in [3.05, 3.63) is 35.9 Å². The third-order valence-corrected chi connectivity index (χ3v) is 5.45. The number of carbonyl (C=O) groups excluding carboxylic acids is 1. The summed E-state index contributed by atoms with van der Waals surface area (Å²) in [6.07, 6.45) is 3.26. The van der Waals surface area contributed by atoms with Gasteiger partial charge in [0.2, 0.25) is 0 Å². The smallest absolute Gasteiger partial charge is 0.410 e. The molecule has 3 N–H and O–H groups in total. The molecule has 0 saturated heterocycles. The molecule has 0 heterocycles. The van der Waals surface area contributed by atoms with Crippen molar-refractivity contribution in [3.8, 4) is 0 Å². The Bertz CT molecular complexity index is 677. The maximum Gasteiger partial charge on any atom is 0.410 e. The number of benzene rings is 1. The van der Waals surface area contributed by atoms with Crippen LogP contribution < -0.4 is 5.73 Å². The molecule has 0 aliphatic heterocycles. The van der Waals surface area contributed by atoms with Crippen molar-refractivity contribution in [3.63, 3.8) is 0 Å². The van der Waals surface area contributed by atoms with E-state index in [4.69, 9.17) is 10.5 Å². The first kappa shape index (κ1) is 18.5. The number of ether oxygens (including phenoxy) is 1. The van der Waals surface area contributed by atoms with E-state index in [-0.39, 0.29) is 18.0 Å². The Morgan fingerprint density at radius 1 is 1.35 bits per heavy atom. The fourth-order valence-corrected chi connectivity index (χ4v) is 3.75. The van der Waals surface area contributed by atoms with Gasteiger partial charge in [-0.05, 0) is 45.6 Å². The average Bonchev–Trinajstić information content (AvgIpc) is 3.33. The summed E-state index contributed by atoms with van der Waals surface area (Å²) in [4.78, 5) is 14.7. The van der Waals surface area contributed by atoms with Crippen LogP contribution in [0.4, 0.5) is 4.79 Å². The van der Waals surface area contributed by atoms with Gasteiger partial charge in [0.1, 0.15) is 11.4 Å². The first-order chi connectivity index (χ1) is 12.3. The quantitative estimate of drug-likeness (QED) is 0.363. The second-order valence-electron chi connectivity index (χ2n) is 8.55. The summed E-state index contributed by atoms with van der Waals surface area (Å²) in [6.45, 7) is 6.04. The zero-order chi connectivity index (χ0) is 18.9. The lowest BCUT2D eigenvalue weighted by atomic mass is 9.67. The lowest BCUT2D eigenvalue weighted by molar-refractivity contribution is 0.0116. The van der Waals surface area contributed by atoms with Gasteiger partial charge < -0.3 is 20.6 Å². The van der Waals surface area contributed by atoms with Crippen LogP contribution in [0, 0.1) is 5.41 Å². The van der Waals surface area contributed by atoms with Crippen LogP contribution in [0.3, 0.4) is 0 Å².